The monoisotopic (exact) mass is 246 g/mol. The third-order valence-electron chi connectivity index (χ3n) is 3.25. The second kappa shape index (κ2) is 7.93. The van der Waals surface area contributed by atoms with Gasteiger partial charge < -0.3 is 11.1 Å². The average Bonchev–Trinajstić information content (AvgIpc) is 2.37. The second-order valence-corrected chi connectivity index (χ2v) is 4.97. The third kappa shape index (κ3) is 5.37. The summed E-state index contributed by atoms with van der Waals surface area (Å²) in [5.74, 6) is 0. The topological polar surface area (TPSA) is 38.0 Å². The predicted octanol–water partition coefficient (Wildman–Crippen LogP) is 3.67. The Balaban J connectivity index is 0.000000184. The number of nitrogen functional groups attached to an aromatic ring is 1. The van der Waals surface area contributed by atoms with Gasteiger partial charge in [-0.1, -0.05) is 42.2 Å². The van der Waals surface area contributed by atoms with Crippen LogP contribution in [0.5, 0.6) is 0 Å². The Bertz CT molecular complexity index is 356. The van der Waals surface area contributed by atoms with Crippen molar-refractivity contribution >= 4 is 5.69 Å². The van der Waals surface area contributed by atoms with Crippen LogP contribution >= 0.6 is 0 Å². The van der Waals surface area contributed by atoms with Crippen molar-refractivity contribution in [1.82, 2.24) is 5.32 Å². The molecule has 1 heterocycles. The third-order valence-corrected chi connectivity index (χ3v) is 3.25. The lowest BCUT2D eigenvalue weighted by atomic mass is 9.99. The van der Waals surface area contributed by atoms with E-state index >= 15 is 0 Å². The van der Waals surface area contributed by atoms with Gasteiger partial charge in [0.1, 0.15) is 0 Å². The molecule has 0 aliphatic carbocycles. The van der Waals surface area contributed by atoms with Gasteiger partial charge in [0.25, 0.3) is 0 Å². The number of benzene rings is 1. The summed E-state index contributed by atoms with van der Waals surface area (Å²) in [4.78, 5) is 0. The van der Waals surface area contributed by atoms with Crippen LogP contribution < -0.4 is 11.1 Å². The Labute approximate surface area is 111 Å². The van der Waals surface area contributed by atoms with E-state index in [1.807, 2.05) is 31.2 Å². The van der Waals surface area contributed by atoms with Gasteiger partial charge in [0.05, 0.1) is 0 Å². The van der Waals surface area contributed by atoms with Gasteiger partial charge in [0.15, 0.2) is 0 Å². The number of nitrogens with one attached hydrogen (secondary N) is 1. The van der Waals surface area contributed by atoms with Crippen molar-refractivity contribution in [3.8, 4) is 0 Å². The standard InChI is InChI=1S/C9H17N.C7H9N/c1-3-4-9-7-10-6-5-8(9)2;1-6-2-4-7(8)5-3-6/h10H,3-7H2,1-2H3;2-5H,8H2,1H3. The van der Waals surface area contributed by atoms with Gasteiger partial charge >= 0.3 is 0 Å². The van der Waals surface area contributed by atoms with Gasteiger partial charge in [-0.05, 0) is 45.4 Å². The molecule has 2 nitrogen and oxygen atoms in total. The Kier molecular flexibility index (Phi) is 6.51. The SMILES string of the molecule is CCCC1=C(C)CCNC1.Cc1ccc(N)cc1. The molecule has 3 N–H and O–H groups in total. The van der Waals surface area contributed by atoms with E-state index in [0.29, 0.717) is 0 Å². The van der Waals surface area contributed by atoms with Crippen LogP contribution in [-0.4, -0.2) is 13.1 Å². The number of rotatable bonds is 2. The van der Waals surface area contributed by atoms with Crippen LogP contribution in [0, 0.1) is 6.92 Å². The number of anilines is 1. The van der Waals surface area contributed by atoms with Crippen molar-refractivity contribution < 1.29 is 0 Å². The molecule has 0 spiro atoms. The maximum atomic E-state index is 5.43. The highest BCUT2D eigenvalue weighted by Gasteiger charge is 2.06. The molecule has 1 aliphatic heterocycles. The normalized spacial score (nSPS) is 15.1. The highest BCUT2D eigenvalue weighted by Crippen LogP contribution is 2.15. The highest BCUT2D eigenvalue weighted by molar-refractivity contribution is 5.38. The summed E-state index contributed by atoms with van der Waals surface area (Å²) in [6, 6.07) is 7.79. The smallest absolute Gasteiger partial charge is 0.0314 e. The number of nitrogens with two attached hydrogens (primary N) is 1. The Hall–Kier alpha value is -1.28. The lowest BCUT2D eigenvalue weighted by Crippen LogP contribution is -2.24. The minimum absolute atomic E-state index is 0.829. The van der Waals surface area contributed by atoms with E-state index in [9.17, 15) is 0 Å². The van der Waals surface area contributed by atoms with Crippen molar-refractivity contribution in [2.75, 3.05) is 18.8 Å². The molecule has 0 bridgehead atoms. The van der Waals surface area contributed by atoms with Crippen LogP contribution in [0.4, 0.5) is 5.69 Å². The Morgan fingerprint density at radius 2 is 1.83 bits per heavy atom. The molecule has 0 atom stereocenters. The van der Waals surface area contributed by atoms with Crippen LogP contribution in [0.2, 0.25) is 0 Å². The molecule has 1 aromatic carbocycles. The van der Waals surface area contributed by atoms with Crippen molar-refractivity contribution in [3.63, 3.8) is 0 Å². The maximum absolute atomic E-state index is 5.43. The van der Waals surface area contributed by atoms with Crippen LogP contribution in [0.25, 0.3) is 0 Å². The second-order valence-electron chi connectivity index (χ2n) is 4.97. The number of aryl methyl sites for hydroxylation is 1. The Morgan fingerprint density at radius 1 is 1.17 bits per heavy atom. The summed E-state index contributed by atoms with van der Waals surface area (Å²) in [6.45, 7) is 8.87. The van der Waals surface area contributed by atoms with E-state index < -0.39 is 0 Å². The van der Waals surface area contributed by atoms with E-state index in [-0.39, 0.29) is 0 Å². The molecular weight excluding hydrogens is 220 g/mol. The zero-order valence-electron chi connectivity index (χ0n) is 11.9. The molecule has 2 rings (SSSR count). The van der Waals surface area contributed by atoms with Gasteiger partial charge in [0.2, 0.25) is 0 Å². The summed E-state index contributed by atoms with van der Waals surface area (Å²) in [5, 5.41) is 3.39. The minimum atomic E-state index is 0.829. The van der Waals surface area contributed by atoms with Gasteiger partial charge in [-0.2, -0.15) is 0 Å². The summed E-state index contributed by atoms with van der Waals surface area (Å²) >= 11 is 0. The summed E-state index contributed by atoms with van der Waals surface area (Å²) in [5.41, 5.74) is 10.8. The minimum Gasteiger partial charge on any atom is -0.399 e. The fourth-order valence-corrected chi connectivity index (χ4v) is 2.01. The fraction of sp³-hybridized carbons (Fsp3) is 0.500. The first-order chi connectivity index (χ1) is 8.63. The molecule has 0 saturated carbocycles. The molecule has 1 aliphatic rings. The van der Waals surface area contributed by atoms with Crippen molar-refractivity contribution in [2.24, 2.45) is 0 Å². The van der Waals surface area contributed by atoms with E-state index in [2.05, 4.69) is 19.2 Å². The number of hydrogen-bond donors (Lipinski definition) is 2. The zero-order valence-corrected chi connectivity index (χ0v) is 11.9. The van der Waals surface area contributed by atoms with Gasteiger partial charge in [-0.3, -0.25) is 0 Å². The first-order valence-electron chi connectivity index (χ1n) is 6.83. The molecule has 0 saturated heterocycles. The number of hydrogen-bond acceptors (Lipinski definition) is 2. The summed E-state index contributed by atoms with van der Waals surface area (Å²) < 4.78 is 0. The highest BCUT2D eigenvalue weighted by atomic mass is 14.9. The van der Waals surface area contributed by atoms with Gasteiger partial charge in [-0.25, -0.2) is 0 Å². The molecule has 18 heavy (non-hydrogen) atoms. The van der Waals surface area contributed by atoms with Crippen LogP contribution in [-0.2, 0) is 0 Å². The van der Waals surface area contributed by atoms with Crippen molar-refractivity contribution in [2.45, 2.75) is 40.0 Å². The molecule has 1 aromatic rings. The lowest BCUT2D eigenvalue weighted by molar-refractivity contribution is 0.649. The molecule has 100 valence electrons. The maximum Gasteiger partial charge on any atom is 0.0314 e. The Morgan fingerprint density at radius 3 is 2.33 bits per heavy atom. The largest absolute Gasteiger partial charge is 0.399 e. The molecule has 0 fully saturated rings. The summed E-state index contributed by atoms with van der Waals surface area (Å²) in [7, 11) is 0. The van der Waals surface area contributed by atoms with Crippen molar-refractivity contribution in [3.05, 3.63) is 41.0 Å². The van der Waals surface area contributed by atoms with E-state index in [0.717, 1.165) is 12.2 Å². The lowest BCUT2D eigenvalue weighted by Gasteiger charge is -2.18. The molecule has 0 unspecified atom stereocenters. The molecule has 0 amide bonds. The van der Waals surface area contributed by atoms with E-state index in [1.54, 1.807) is 11.1 Å². The van der Waals surface area contributed by atoms with Crippen LogP contribution in [0.3, 0.4) is 0 Å². The van der Waals surface area contributed by atoms with Gasteiger partial charge in [0, 0.05) is 12.2 Å². The first-order valence-corrected chi connectivity index (χ1v) is 6.83. The quantitative estimate of drug-likeness (QED) is 0.617. The predicted molar refractivity (Wildman–Crippen MR) is 80.7 cm³/mol. The molecule has 0 radical (unpaired) electrons. The molecule has 2 heteroatoms. The zero-order chi connectivity index (χ0) is 13.4. The summed E-state index contributed by atoms with van der Waals surface area (Å²) in [6.07, 6.45) is 3.84. The van der Waals surface area contributed by atoms with E-state index in [1.165, 1.54) is 31.4 Å². The average molecular weight is 246 g/mol. The van der Waals surface area contributed by atoms with Crippen molar-refractivity contribution in [1.29, 1.82) is 0 Å². The van der Waals surface area contributed by atoms with Crippen LogP contribution in [0.15, 0.2) is 35.4 Å². The molecular formula is C16H26N2. The van der Waals surface area contributed by atoms with E-state index in [4.69, 9.17) is 5.73 Å². The first kappa shape index (κ1) is 14.8. The molecule has 0 aromatic heterocycles. The van der Waals surface area contributed by atoms with Crippen LogP contribution in [0.1, 0.15) is 38.7 Å². The fourth-order valence-electron chi connectivity index (χ4n) is 2.01. The van der Waals surface area contributed by atoms with Gasteiger partial charge in [-0.15, -0.1) is 0 Å².